The lowest BCUT2D eigenvalue weighted by Gasteiger charge is -2.19. The standard InChI is InChI=1S/C11H19N3O2/c1-11(2,10(15)16)8-12-6-4-9-5-7-13-14(9)3/h5,7,12H,4,6,8H2,1-3H3,(H,15,16). The number of carboxylic acid groups (broad SMARTS) is 1. The number of nitrogens with zero attached hydrogens (tertiary/aromatic N) is 2. The number of hydrogen-bond acceptors (Lipinski definition) is 3. The van der Waals surface area contributed by atoms with E-state index in [4.69, 9.17) is 5.11 Å². The maximum Gasteiger partial charge on any atom is 0.310 e. The van der Waals surface area contributed by atoms with Gasteiger partial charge in [0.05, 0.1) is 5.41 Å². The van der Waals surface area contributed by atoms with E-state index in [0.717, 1.165) is 18.7 Å². The topological polar surface area (TPSA) is 67.2 Å². The van der Waals surface area contributed by atoms with Gasteiger partial charge in [0, 0.05) is 38.4 Å². The highest BCUT2D eigenvalue weighted by molar-refractivity contribution is 5.73. The minimum atomic E-state index is -0.777. The van der Waals surface area contributed by atoms with Gasteiger partial charge >= 0.3 is 5.97 Å². The van der Waals surface area contributed by atoms with Gasteiger partial charge < -0.3 is 10.4 Å². The summed E-state index contributed by atoms with van der Waals surface area (Å²) < 4.78 is 1.82. The molecule has 0 aliphatic rings. The Morgan fingerprint density at radius 2 is 2.31 bits per heavy atom. The summed E-state index contributed by atoms with van der Waals surface area (Å²) in [6, 6.07) is 1.96. The SMILES string of the molecule is Cn1nccc1CCNCC(C)(C)C(=O)O. The van der Waals surface area contributed by atoms with Gasteiger partial charge in [0.25, 0.3) is 0 Å². The van der Waals surface area contributed by atoms with Crippen LogP contribution in [0.3, 0.4) is 0 Å². The Kier molecular flexibility index (Phi) is 4.06. The van der Waals surface area contributed by atoms with Gasteiger partial charge in [0.1, 0.15) is 0 Å². The second-order valence-corrected chi connectivity index (χ2v) is 4.56. The fraction of sp³-hybridized carbons (Fsp3) is 0.636. The highest BCUT2D eigenvalue weighted by Crippen LogP contribution is 2.12. The van der Waals surface area contributed by atoms with Gasteiger partial charge in [-0.1, -0.05) is 0 Å². The third-order valence-electron chi connectivity index (χ3n) is 2.63. The molecule has 0 unspecified atom stereocenters. The molecule has 0 aliphatic carbocycles. The van der Waals surface area contributed by atoms with Crippen molar-refractivity contribution in [3.05, 3.63) is 18.0 Å². The van der Waals surface area contributed by atoms with Crippen molar-refractivity contribution in [1.29, 1.82) is 0 Å². The van der Waals surface area contributed by atoms with Crippen molar-refractivity contribution in [2.45, 2.75) is 20.3 Å². The third-order valence-corrected chi connectivity index (χ3v) is 2.63. The predicted octanol–water partition coefficient (Wildman–Crippen LogP) is 0.663. The van der Waals surface area contributed by atoms with Crippen molar-refractivity contribution in [1.82, 2.24) is 15.1 Å². The molecule has 5 nitrogen and oxygen atoms in total. The van der Waals surface area contributed by atoms with Crippen molar-refractivity contribution in [2.24, 2.45) is 12.5 Å². The molecular weight excluding hydrogens is 206 g/mol. The Labute approximate surface area is 95.5 Å². The van der Waals surface area contributed by atoms with Gasteiger partial charge in [-0.3, -0.25) is 9.48 Å². The molecule has 0 atom stereocenters. The first-order valence-corrected chi connectivity index (χ1v) is 5.34. The van der Waals surface area contributed by atoms with Crippen LogP contribution in [-0.2, 0) is 18.3 Å². The van der Waals surface area contributed by atoms with Crippen LogP contribution in [0.15, 0.2) is 12.3 Å². The van der Waals surface area contributed by atoms with E-state index in [9.17, 15) is 4.79 Å². The van der Waals surface area contributed by atoms with E-state index < -0.39 is 11.4 Å². The first-order valence-electron chi connectivity index (χ1n) is 5.34. The monoisotopic (exact) mass is 225 g/mol. The summed E-state index contributed by atoms with van der Waals surface area (Å²) in [6.07, 6.45) is 2.61. The second kappa shape index (κ2) is 5.12. The molecule has 0 spiro atoms. The molecule has 0 aromatic carbocycles. The lowest BCUT2D eigenvalue weighted by molar-refractivity contribution is -0.146. The summed E-state index contributed by atoms with van der Waals surface area (Å²) in [5.41, 5.74) is 0.424. The Hall–Kier alpha value is -1.36. The molecule has 1 rings (SSSR count). The fourth-order valence-electron chi connectivity index (χ4n) is 1.34. The average molecular weight is 225 g/mol. The smallest absolute Gasteiger partial charge is 0.310 e. The molecule has 0 amide bonds. The maximum atomic E-state index is 10.8. The molecule has 0 saturated carbocycles. The summed E-state index contributed by atoms with van der Waals surface area (Å²) in [5, 5.41) is 16.1. The molecule has 1 aromatic heterocycles. The first kappa shape index (κ1) is 12.7. The molecule has 0 aliphatic heterocycles. The average Bonchev–Trinajstić information content (AvgIpc) is 2.59. The number of rotatable bonds is 6. The zero-order chi connectivity index (χ0) is 12.2. The quantitative estimate of drug-likeness (QED) is 0.698. The summed E-state index contributed by atoms with van der Waals surface area (Å²) in [7, 11) is 1.90. The summed E-state index contributed by atoms with van der Waals surface area (Å²) >= 11 is 0. The van der Waals surface area contributed by atoms with Crippen LogP contribution in [0.4, 0.5) is 0 Å². The van der Waals surface area contributed by atoms with Crippen LogP contribution in [-0.4, -0.2) is 33.9 Å². The number of aromatic nitrogens is 2. The molecule has 0 bridgehead atoms. The van der Waals surface area contributed by atoms with E-state index in [2.05, 4.69) is 10.4 Å². The molecule has 0 radical (unpaired) electrons. The zero-order valence-corrected chi connectivity index (χ0v) is 10.0. The normalized spacial score (nSPS) is 11.7. The van der Waals surface area contributed by atoms with Gasteiger partial charge in [-0.05, 0) is 19.9 Å². The van der Waals surface area contributed by atoms with E-state index in [0.29, 0.717) is 6.54 Å². The summed E-state index contributed by atoms with van der Waals surface area (Å²) in [6.45, 7) is 4.66. The fourth-order valence-corrected chi connectivity index (χ4v) is 1.34. The molecule has 5 heteroatoms. The first-order chi connectivity index (χ1) is 7.43. The third kappa shape index (κ3) is 3.34. The van der Waals surface area contributed by atoms with E-state index in [1.807, 2.05) is 17.8 Å². The van der Waals surface area contributed by atoms with E-state index in [1.54, 1.807) is 20.0 Å². The van der Waals surface area contributed by atoms with Gasteiger partial charge in [-0.15, -0.1) is 0 Å². The van der Waals surface area contributed by atoms with Gasteiger partial charge in [-0.25, -0.2) is 0 Å². The molecule has 90 valence electrons. The number of hydrogen-bond donors (Lipinski definition) is 2. The molecule has 0 fully saturated rings. The Balaban J connectivity index is 2.27. The highest BCUT2D eigenvalue weighted by Gasteiger charge is 2.26. The predicted molar refractivity (Wildman–Crippen MR) is 61.2 cm³/mol. The Bertz CT molecular complexity index is 358. The molecular formula is C11H19N3O2. The van der Waals surface area contributed by atoms with E-state index >= 15 is 0 Å². The van der Waals surface area contributed by atoms with Crippen molar-refractivity contribution < 1.29 is 9.90 Å². The van der Waals surface area contributed by atoms with E-state index in [1.165, 1.54) is 0 Å². The number of aryl methyl sites for hydroxylation is 1. The minimum Gasteiger partial charge on any atom is -0.481 e. The molecule has 2 N–H and O–H groups in total. The number of aliphatic carboxylic acids is 1. The number of nitrogens with one attached hydrogen (secondary N) is 1. The maximum absolute atomic E-state index is 10.8. The molecule has 16 heavy (non-hydrogen) atoms. The lowest BCUT2D eigenvalue weighted by atomic mass is 9.94. The second-order valence-electron chi connectivity index (χ2n) is 4.56. The van der Waals surface area contributed by atoms with Crippen LogP contribution in [0.2, 0.25) is 0 Å². The molecule has 1 heterocycles. The van der Waals surface area contributed by atoms with Crippen molar-refractivity contribution in [3.8, 4) is 0 Å². The van der Waals surface area contributed by atoms with Crippen molar-refractivity contribution in [2.75, 3.05) is 13.1 Å². The minimum absolute atomic E-state index is 0.472. The zero-order valence-electron chi connectivity index (χ0n) is 10.0. The van der Waals surface area contributed by atoms with Gasteiger partial charge in [0.15, 0.2) is 0 Å². The molecule has 0 saturated heterocycles. The Morgan fingerprint density at radius 3 is 2.81 bits per heavy atom. The van der Waals surface area contributed by atoms with Crippen LogP contribution >= 0.6 is 0 Å². The van der Waals surface area contributed by atoms with Crippen LogP contribution in [0.25, 0.3) is 0 Å². The van der Waals surface area contributed by atoms with E-state index in [-0.39, 0.29) is 0 Å². The highest BCUT2D eigenvalue weighted by atomic mass is 16.4. The lowest BCUT2D eigenvalue weighted by Crippen LogP contribution is -2.36. The molecule has 1 aromatic rings. The summed E-state index contributed by atoms with van der Waals surface area (Å²) in [4.78, 5) is 10.8. The van der Waals surface area contributed by atoms with Gasteiger partial charge in [-0.2, -0.15) is 5.10 Å². The van der Waals surface area contributed by atoms with Crippen molar-refractivity contribution >= 4 is 5.97 Å². The van der Waals surface area contributed by atoms with Gasteiger partial charge in [0.2, 0.25) is 0 Å². The largest absolute Gasteiger partial charge is 0.481 e. The van der Waals surface area contributed by atoms with Crippen LogP contribution in [0.1, 0.15) is 19.5 Å². The van der Waals surface area contributed by atoms with Crippen molar-refractivity contribution in [3.63, 3.8) is 0 Å². The van der Waals surface area contributed by atoms with Crippen LogP contribution in [0, 0.1) is 5.41 Å². The Morgan fingerprint density at radius 1 is 1.62 bits per heavy atom. The number of carbonyl (C=O) groups is 1. The number of carboxylic acids is 1. The van der Waals surface area contributed by atoms with Crippen LogP contribution < -0.4 is 5.32 Å². The summed E-state index contributed by atoms with van der Waals surface area (Å²) in [5.74, 6) is -0.777. The van der Waals surface area contributed by atoms with Crippen LogP contribution in [0.5, 0.6) is 0 Å².